The first-order valence-electron chi connectivity index (χ1n) is 7.93. The maximum atomic E-state index is 12.1. The zero-order valence-electron chi connectivity index (χ0n) is 13.8. The van der Waals surface area contributed by atoms with E-state index >= 15 is 0 Å². The summed E-state index contributed by atoms with van der Waals surface area (Å²) in [4.78, 5) is 18.0. The van der Waals surface area contributed by atoms with E-state index in [1.807, 2.05) is 32.9 Å². The second-order valence-corrected chi connectivity index (χ2v) is 8.73. The molecule has 126 valence electrons. The number of ether oxygens (including phenoxy) is 1. The van der Waals surface area contributed by atoms with Crippen LogP contribution in [0.2, 0.25) is 0 Å². The van der Waals surface area contributed by atoms with Gasteiger partial charge in [0.15, 0.2) is 0 Å². The summed E-state index contributed by atoms with van der Waals surface area (Å²) in [5.41, 5.74) is -0.445. The second kappa shape index (κ2) is 5.45. The zero-order chi connectivity index (χ0) is 16.9. The fraction of sp³-hybridized carbons (Fsp3) is 0.647. The smallest absolute Gasteiger partial charge is 0.410 e. The lowest BCUT2D eigenvalue weighted by Crippen LogP contribution is -2.58. The molecule has 1 atom stereocenters. The highest BCUT2D eigenvalue weighted by atomic mass is 79.9. The summed E-state index contributed by atoms with van der Waals surface area (Å²) in [6.07, 6.45) is 3.76. The van der Waals surface area contributed by atoms with Crippen molar-refractivity contribution >= 4 is 22.0 Å². The number of aliphatic hydroxyl groups is 1. The monoisotopic (exact) mass is 382 g/mol. The summed E-state index contributed by atoms with van der Waals surface area (Å²) in [6.45, 7) is 6.93. The Morgan fingerprint density at radius 2 is 2.04 bits per heavy atom. The number of carbonyl (C=O) groups excluding carboxylic acids is 1. The number of rotatable bonds is 1. The van der Waals surface area contributed by atoms with Crippen molar-refractivity contribution in [3.05, 3.63) is 28.5 Å². The molecule has 1 saturated carbocycles. The zero-order valence-corrected chi connectivity index (χ0v) is 15.4. The molecule has 0 aromatic carbocycles. The largest absolute Gasteiger partial charge is 0.444 e. The van der Waals surface area contributed by atoms with Gasteiger partial charge in [0.25, 0.3) is 0 Å². The number of likely N-dealkylation sites (tertiary alicyclic amines) is 1. The van der Waals surface area contributed by atoms with Gasteiger partial charge in [-0.2, -0.15) is 0 Å². The first-order chi connectivity index (χ1) is 10.6. The van der Waals surface area contributed by atoms with Crippen LogP contribution in [0, 0.1) is 5.41 Å². The average Bonchev–Trinajstić information content (AvgIpc) is 2.75. The number of pyridine rings is 1. The minimum Gasteiger partial charge on any atom is -0.444 e. The van der Waals surface area contributed by atoms with Crippen LogP contribution in [0.4, 0.5) is 4.79 Å². The molecule has 6 heteroatoms. The van der Waals surface area contributed by atoms with Crippen LogP contribution in [0.15, 0.2) is 22.9 Å². The minimum atomic E-state index is -0.840. The molecule has 2 heterocycles. The summed E-state index contributed by atoms with van der Waals surface area (Å²) in [6, 6.07) is 3.77. The van der Waals surface area contributed by atoms with Crippen LogP contribution in [-0.2, 0) is 10.3 Å². The molecular weight excluding hydrogens is 360 g/mol. The van der Waals surface area contributed by atoms with Gasteiger partial charge in [0, 0.05) is 30.3 Å². The van der Waals surface area contributed by atoms with Gasteiger partial charge in [0.1, 0.15) is 10.2 Å². The topological polar surface area (TPSA) is 62.7 Å². The van der Waals surface area contributed by atoms with Crippen molar-refractivity contribution in [2.45, 2.75) is 51.2 Å². The van der Waals surface area contributed by atoms with Crippen molar-refractivity contribution in [3.63, 3.8) is 0 Å². The van der Waals surface area contributed by atoms with Crippen LogP contribution in [0.25, 0.3) is 0 Å². The molecule has 1 unspecified atom stereocenters. The van der Waals surface area contributed by atoms with Gasteiger partial charge in [-0.1, -0.05) is 6.07 Å². The molecular formula is C17H23BrN2O3. The lowest BCUT2D eigenvalue weighted by Gasteiger charge is -2.48. The van der Waals surface area contributed by atoms with Gasteiger partial charge < -0.3 is 14.7 Å². The third kappa shape index (κ3) is 3.38. The van der Waals surface area contributed by atoms with Crippen LogP contribution in [-0.4, -0.2) is 39.8 Å². The van der Waals surface area contributed by atoms with E-state index in [1.54, 1.807) is 11.1 Å². The Bertz CT molecular complexity index is 605. The van der Waals surface area contributed by atoms with E-state index < -0.39 is 11.2 Å². The predicted molar refractivity (Wildman–Crippen MR) is 89.9 cm³/mol. The highest BCUT2D eigenvalue weighted by Crippen LogP contribution is 2.53. The summed E-state index contributed by atoms with van der Waals surface area (Å²) in [7, 11) is 0. The molecule has 1 aliphatic heterocycles. The van der Waals surface area contributed by atoms with Gasteiger partial charge in [-0.05, 0) is 62.0 Å². The molecule has 1 amide bonds. The quantitative estimate of drug-likeness (QED) is 0.755. The first kappa shape index (κ1) is 16.7. The summed E-state index contributed by atoms with van der Waals surface area (Å²) < 4.78 is 6.16. The van der Waals surface area contributed by atoms with Crippen molar-refractivity contribution in [1.82, 2.24) is 9.88 Å². The molecule has 23 heavy (non-hydrogen) atoms. The SMILES string of the molecule is CC(C)(C)OC(=O)N1CC2(CCC(O)(c3ccc(Br)nc3)C2)C1. The van der Waals surface area contributed by atoms with Gasteiger partial charge in [-0.15, -0.1) is 0 Å². The van der Waals surface area contributed by atoms with Gasteiger partial charge in [0.05, 0.1) is 5.60 Å². The molecule has 1 N–H and O–H groups in total. The van der Waals surface area contributed by atoms with Crippen LogP contribution < -0.4 is 0 Å². The van der Waals surface area contributed by atoms with E-state index in [1.165, 1.54) is 0 Å². The molecule has 1 aromatic heterocycles. The minimum absolute atomic E-state index is 0.0126. The highest BCUT2D eigenvalue weighted by molar-refractivity contribution is 9.10. The molecule has 1 saturated heterocycles. The van der Waals surface area contributed by atoms with Gasteiger partial charge in [-0.3, -0.25) is 0 Å². The fourth-order valence-corrected chi connectivity index (χ4v) is 3.89. The Morgan fingerprint density at radius 1 is 1.35 bits per heavy atom. The third-order valence-electron chi connectivity index (χ3n) is 4.71. The van der Waals surface area contributed by atoms with Crippen molar-refractivity contribution in [2.75, 3.05) is 13.1 Å². The van der Waals surface area contributed by atoms with Crippen LogP contribution in [0.1, 0.15) is 45.6 Å². The molecule has 3 rings (SSSR count). The Morgan fingerprint density at radius 3 is 2.61 bits per heavy atom. The summed E-state index contributed by atoms with van der Waals surface area (Å²) in [5, 5.41) is 11.0. The Labute approximate surface area is 145 Å². The maximum Gasteiger partial charge on any atom is 0.410 e. The third-order valence-corrected chi connectivity index (χ3v) is 5.17. The van der Waals surface area contributed by atoms with Crippen LogP contribution in [0.5, 0.6) is 0 Å². The number of halogens is 1. The molecule has 1 aromatic rings. The number of carbonyl (C=O) groups is 1. The maximum absolute atomic E-state index is 12.1. The highest BCUT2D eigenvalue weighted by Gasteiger charge is 2.55. The average molecular weight is 383 g/mol. The van der Waals surface area contributed by atoms with E-state index in [-0.39, 0.29) is 11.5 Å². The lowest BCUT2D eigenvalue weighted by atomic mass is 9.76. The predicted octanol–water partition coefficient (Wildman–Crippen LogP) is 3.45. The number of nitrogens with zero attached hydrogens (tertiary/aromatic N) is 2. The van der Waals surface area contributed by atoms with E-state index in [0.29, 0.717) is 25.9 Å². The van der Waals surface area contributed by atoms with E-state index in [9.17, 15) is 9.90 Å². The second-order valence-electron chi connectivity index (χ2n) is 7.91. The Kier molecular flexibility index (Phi) is 3.96. The van der Waals surface area contributed by atoms with E-state index in [2.05, 4.69) is 20.9 Å². The van der Waals surface area contributed by atoms with Crippen molar-refractivity contribution in [3.8, 4) is 0 Å². The number of amides is 1. The van der Waals surface area contributed by atoms with Gasteiger partial charge >= 0.3 is 6.09 Å². The van der Waals surface area contributed by atoms with E-state index in [4.69, 9.17) is 4.74 Å². The molecule has 0 radical (unpaired) electrons. The van der Waals surface area contributed by atoms with E-state index in [0.717, 1.165) is 16.6 Å². The molecule has 5 nitrogen and oxygen atoms in total. The molecule has 0 bridgehead atoms. The standard InChI is InChI=1S/C17H23BrN2O3/c1-15(2,3)23-14(21)20-10-16(11-20)6-7-17(22,9-16)12-4-5-13(18)19-8-12/h4-5,8,22H,6-7,9-11H2,1-3H3. The van der Waals surface area contributed by atoms with Crippen LogP contribution >= 0.6 is 15.9 Å². The van der Waals surface area contributed by atoms with Gasteiger partial charge in [0.2, 0.25) is 0 Å². The summed E-state index contributed by atoms with van der Waals surface area (Å²) >= 11 is 3.32. The van der Waals surface area contributed by atoms with Crippen LogP contribution in [0.3, 0.4) is 0 Å². The first-order valence-corrected chi connectivity index (χ1v) is 8.73. The molecule has 2 fully saturated rings. The fourth-order valence-electron chi connectivity index (χ4n) is 3.66. The van der Waals surface area contributed by atoms with Crippen molar-refractivity contribution in [2.24, 2.45) is 5.41 Å². The van der Waals surface area contributed by atoms with Crippen molar-refractivity contribution < 1.29 is 14.6 Å². The molecule has 1 aliphatic carbocycles. The Hall–Kier alpha value is -1.14. The van der Waals surface area contributed by atoms with Crippen molar-refractivity contribution in [1.29, 1.82) is 0 Å². The lowest BCUT2D eigenvalue weighted by molar-refractivity contribution is -0.0479. The number of hydrogen-bond acceptors (Lipinski definition) is 4. The summed E-state index contributed by atoms with van der Waals surface area (Å²) in [5.74, 6) is 0. The number of aromatic nitrogens is 1. The molecule has 1 spiro atoms. The van der Waals surface area contributed by atoms with Gasteiger partial charge in [-0.25, -0.2) is 9.78 Å². The number of hydrogen-bond donors (Lipinski definition) is 1. The Balaban J connectivity index is 1.63. The normalized spacial score (nSPS) is 26.2. The molecule has 2 aliphatic rings.